The molecule has 2 unspecified atom stereocenters. The summed E-state index contributed by atoms with van der Waals surface area (Å²) in [6, 6.07) is 61.0. The molecule has 420 valence electrons. The molecule has 0 spiro atoms. The van der Waals surface area contributed by atoms with E-state index in [0.717, 1.165) is 33.4 Å². The fourth-order valence-corrected chi connectivity index (χ4v) is 10.8. The molecule has 2 saturated heterocycles. The molecule has 1 amide bonds. The van der Waals surface area contributed by atoms with Crippen molar-refractivity contribution in [2.45, 2.75) is 102 Å². The highest BCUT2D eigenvalue weighted by atomic mass is 32.2. The topological polar surface area (TPSA) is 130 Å². The van der Waals surface area contributed by atoms with Crippen LogP contribution in [0.1, 0.15) is 82.8 Å². The fraction of sp³-hybridized carbons (Fsp3) is 0.313. The maximum absolute atomic E-state index is 14.4. The lowest BCUT2D eigenvalue weighted by atomic mass is 9.78. The number of ether oxygens (including phenoxy) is 6. The van der Waals surface area contributed by atoms with Crippen LogP contribution in [0.5, 0.6) is 0 Å². The summed E-state index contributed by atoms with van der Waals surface area (Å²) >= 11 is 0. The number of anilines is 1. The van der Waals surface area contributed by atoms with Crippen molar-refractivity contribution in [1.29, 1.82) is 0 Å². The molecular weight excluding hydrogens is 1040 g/mol. The monoisotopic (exact) mass is 1110 g/mol. The summed E-state index contributed by atoms with van der Waals surface area (Å²) in [5, 5.41) is 0. The molecule has 7 aromatic carbocycles. The Kier molecular flexibility index (Phi) is 20.5. The Morgan fingerprint density at radius 3 is 1.74 bits per heavy atom. The average Bonchev–Trinajstić information content (AvgIpc) is 3.44. The second kappa shape index (κ2) is 28.4. The van der Waals surface area contributed by atoms with Crippen LogP contribution in [0.4, 0.5) is 10.1 Å². The van der Waals surface area contributed by atoms with Crippen LogP contribution in [-0.2, 0) is 80.9 Å². The molecule has 14 heteroatoms. The summed E-state index contributed by atoms with van der Waals surface area (Å²) in [5.41, 5.74) is 7.93. The van der Waals surface area contributed by atoms with Crippen molar-refractivity contribution < 1.29 is 50.8 Å². The Balaban J connectivity index is 1.01. The normalized spacial score (nSPS) is 20.2. The highest BCUT2D eigenvalue weighted by Gasteiger charge is 2.50. The Morgan fingerprint density at radius 2 is 1.20 bits per heavy atom. The Hall–Kier alpha value is -7.32. The van der Waals surface area contributed by atoms with E-state index in [1.807, 2.05) is 170 Å². The van der Waals surface area contributed by atoms with Gasteiger partial charge < -0.3 is 33.3 Å². The highest BCUT2D eigenvalue weighted by Crippen LogP contribution is 2.47. The number of sulfonamides is 1. The number of hydrogen-bond acceptors (Lipinski definition) is 10. The van der Waals surface area contributed by atoms with Crippen molar-refractivity contribution in [3.63, 3.8) is 0 Å². The molecule has 0 radical (unpaired) electrons. The van der Waals surface area contributed by atoms with E-state index >= 15 is 0 Å². The molecule has 2 aliphatic rings. The average molecular weight is 1110 g/mol. The van der Waals surface area contributed by atoms with E-state index in [2.05, 4.69) is 11.8 Å². The van der Waals surface area contributed by atoms with Crippen molar-refractivity contribution in [2.24, 2.45) is 5.92 Å². The number of aryl methyl sites for hydroxylation is 1. The maximum atomic E-state index is 14.4. The van der Waals surface area contributed by atoms with Gasteiger partial charge in [0, 0.05) is 31.8 Å². The number of β-lactam (4-membered cyclic amide) rings is 1. The number of halogens is 1. The third-order valence-corrected chi connectivity index (χ3v) is 16.0. The smallest absolute Gasteiger partial charge is 0.303 e. The van der Waals surface area contributed by atoms with Crippen LogP contribution in [0.25, 0.3) is 0 Å². The zero-order valence-electron chi connectivity index (χ0n) is 45.9. The van der Waals surface area contributed by atoms with Gasteiger partial charge in [-0.3, -0.25) is 9.59 Å². The molecule has 12 nitrogen and oxygen atoms in total. The molecule has 9 rings (SSSR count). The Bertz CT molecular complexity index is 3270. The van der Waals surface area contributed by atoms with Gasteiger partial charge in [0.25, 0.3) is 0 Å². The quantitative estimate of drug-likeness (QED) is 0.0310. The van der Waals surface area contributed by atoms with Crippen LogP contribution in [-0.4, -0.2) is 81.6 Å². The first-order chi connectivity index (χ1) is 39.4. The fourth-order valence-electron chi connectivity index (χ4n) is 10.3. The van der Waals surface area contributed by atoms with Gasteiger partial charge in [-0.05, 0) is 101 Å². The van der Waals surface area contributed by atoms with Crippen LogP contribution >= 0.6 is 0 Å². The zero-order valence-corrected chi connectivity index (χ0v) is 46.7. The van der Waals surface area contributed by atoms with Crippen LogP contribution in [0, 0.1) is 23.6 Å². The molecule has 81 heavy (non-hydrogen) atoms. The van der Waals surface area contributed by atoms with Crippen LogP contribution in [0.15, 0.2) is 194 Å². The molecule has 0 aliphatic carbocycles. The summed E-state index contributed by atoms with van der Waals surface area (Å²) in [5.74, 6) is 5.43. The van der Waals surface area contributed by atoms with E-state index in [0.29, 0.717) is 62.3 Å². The molecule has 0 saturated carbocycles. The zero-order chi connectivity index (χ0) is 56.6. The summed E-state index contributed by atoms with van der Waals surface area (Å²) in [4.78, 5) is 28.5. The van der Waals surface area contributed by atoms with Crippen molar-refractivity contribution >= 4 is 27.6 Å². The minimum atomic E-state index is -3.29. The lowest BCUT2D eigenvalue weighted by molar-refractivity contribution is -0.261. The Morgan fingerprint density at radius 1 is 0.667 bits per heavy atom. The molecular formula is C67H69FN2O10S. The predicted octanol–water partition coefficient (Wildman–Crippen LogP) is 11.5. The minimum Gasteiger partial charge on any atom is -0.458 e. The summed E-state index contributed by atoms with van der Waals surface area (Å²) in [7, 11) is -1.72. The van der Waals surface area contributed by atoms with Gasteiger partial charge in [0.2, 0.25) is 15.9 Å². The van der Waals surface area contributed by atoms with Gasteiger partial charge in [0.15, 0.2) is 0 Å². The van der Waals surface area contributed by atoms with Gasteiger partial charge in [-0.25, -0.2) is 17.1 Å². The van der Waals surface area contributed by atoms with Gasteiger partial charge in [-0.15, -0.1) is 0 Å². The largest absolute Gasteiger partial charge is 0.458 e. The van der Waals surface area contributed by atoms with Crippen LogP contribution < -0.4 is 4.90 Å². The van der Waals surface area contributed by atoms with Crippen molar-refractivity contribution in [2.75, 3.05) is 31.4 Å². The van der Waals surface area contributed by atoms with Crippen LogP contribution in [0.3, 0.4) is 0 Å². The van der Waals surface area contributed by atoms with Crippen LogP contribution in [0.2, 0.25) is 0 Å². The standard InChI is InChI=1S/C67H69FN2O10S/c1-48(71)79-60(55-33-35-57(68)36-34-55)41-39-59-63(70(67(59)72)58-37-28-49(29-38-58)25-16-42-69(2)81(3,73)74)56-31-26-50(27-32-56)30-40-61-64(76-44-52-19-10-5-11-20-52)66(78-46-54-23-14-7-15-24-54)65(77-45-53-21-12-6-13-22-53)62(80-61)47-75-43-51-17-8-4-9-18-51/h4-15,17-24,26-29,31-38,59-66H,16,25,39,41-47H2,1-3H3/t59?,60-,61?,62-,63-,64+,65-,66-/m1/s1. The number of hydrogen-bond donors (Lipinski definition) is 0. The molecule has 8 atom stereocenters. The lowest BCUT2D eigenvalue weighted by Crippen LogP contribution is -2.60. The third kappa shape index (κ3) is 16.2. The molecule has 2 fully saturated rings. The second-order valence-electron chi connectivity index (χ2n) is 20.6. The third-order valence-electron chi connectivity index (χ3n) is 14.7. The molecule has 2 aliphatic heterocycles. The highest BCUT2D eigenvalue weighted by molar-refractivity contribution is 7.88. The molecule has 0 bridgehead atoms. The van der Waals surface area contributed by atoms with Crippen molar-refractivity contribution in [3.05, 3.63) is 244 Å². The predicted molar refractivity (Wildman–Crippen MR) is 309 cm³/mol. The van der Waals surface area contributed by atoms with Gasteiger partial charge in [0.1, 0.15) is 42.4 Å². The van der Waals surface area contributed by atoms with E-state index in [1.165, 1.54) is 29.6 Å². The van der Waals surface area contributed by atoms with Crippen molar-refractivity contribution in [1.82, 2.24) is 4.31 Å². The SMILES string of the molecule is CC(=O)O[C@H](CCC1C(=O)N(c2ccc(CCCN(C)S(C)(=O)=O)cc2)[C@@H]1c1ccc(C#CC2O[C@H](COCc3ccccc3)[C@@H](OCc3ccccc3)[C@H](OCc3ccccc3)[C@H]2OCc2ccccc2)cc1)c1ccc(F)cc1. The van der Waals surface area contributed by atoms with E-state index in [1.54, 1.807) is 24.1 Å². The number of rotatable bonds is 25. The Labute approximate surface area is 475 Å². The molecule has 2 heterocycles. The lowest BCUT2D eigenvalue weighted by Gasteiger charge is -2.48. The van der Waals surface area contributed by atoms with E-state index < -0.39 is 64.4 Å². The van der Waals surface area contributed by atoms with Crippen molar-refractivity contribution in [3.8, 4) is 11.8 Å². The number of amides is 1. The second-order valence-corrected chi connectivity index (χ2v) is 22.7. The summed E-state index contributed by atoms with van der Waals surface area (Å²) in [6.45, 7) is 3.12. The minimum absolute atomic E-state index is 0.0829. The number of nitrogens with zero attached hydrogens (tertiary/aromatic N) is 2. The van der Waals surface area contributed by atoms with E-state index in [4.69, 9.17) is 28.4 Å². The molecule has 0 N–H and O–H groups in total. The van der Waals surface area contributed by atoms with Gasteiger partial charge >= 0.3 is 5.97 Å². The van der Waals surface area contributed by atoms with E-state index in [-0.39, 0.29) is 31.8 Å². The molecule has 7 aromatic rings. The van der Waals surface area contributed by atoms with E-state index in [9.17, 15) is 22.4 Å². The van der Waals surface area contributed by atoms with Gasteiger partial charge in [0.05, 0.1) is 51.2 Å². The van der Waals surface area contributed by atoms with Gasteiger partial charge in [-0.2, -0.15) is 0 Å². The summed E-state index contributed by atoms with van der Waals surface area (Å²) < 4.78 is 79.2. The first-order valence-corrected chi connectivity index (χ1v) is 29.3. The first-order valence-electron chi connectivity index (χ1n) is 27.5. The number of benzene rings is 7. The molecule has 0 aromatic heterocycles. The number of esters is 1. The number of carbonyl (C=O) groups is 2. The summed E-state index contributed by atoms with van der Waals surface area (Å²) in [6.07, 6.45) is -0.906. The van der Waals surface area contributed by atoms with Gasteiger partial charge in [-0.1, -0.05) is 170 Å². The first kappa shape index (κ1) is 58.3. The maximum Gasteiger partial charge on any atom is 0.303 e. The number of carbonyl (C=O) groups excluding carboxylic acids is 2.